The second-order valence-electron chi connectivity index (χ2n) is 4.98. The van der Waals surface area contributed by atoms with Crippen molar-refractivity contribution >= 4 is 22.5 Å². The van der Waals surface area contributed by atoms with Crippen molar-refractivity contribution in [3.63, 3.8) is 0 Å². The molecule has 124 valence electrons. The molecule has 3 rings (SSSR count). The van der Waals surface area contributed by atoms with E-state index in [4.69, 9.17) is 4.74 Å². The van der Waals surface area contributed by atoms with Crippen molar-refractivity contribution in [2.75, 3.05) is 12.4 Å². The van der Waals surface area contributed by atoms with Gasteiger partial charge in [0.05, 0.1) is 12.8 Å². The van der Waals surface area contributed by atoms with E-state index < -0.39 is 17.8 Å². The van der Waals surface area contributed by atoms with Crippen LogP contribution in [0.5, 0.6) is 5.75 Å². The fourth-order valence-corrected chi connectivity index (χ4v) is 2.25. The minimum absolute atomic E-state index is 0.332. The number of methoxy groups -OCH3 is 1. The van der Waals surface area contributed by atoms with Crippen LogP contribution in [-0.4, -0.2) is 23.0 Å². The zero-order valence-corrected chi connectivity index (χ0v) is 12.4. The number of aromatic nitrogens is 2. The van der Waals surface area contributed by atoms with Gasteiger partial charge in [-0.05, 0) is 24.3 Å². The third kappa shape index (κ3) is 3.03. The summed E-state index contributed by atoms with van der Waals surface area (Å²) in [7, 11) is 1.43. The molecule has 0 saturated carbocycles. The van der Waals surface area contributed by atoms with Gasteiger partial charge in [0, 0.05) is 23.2 Å². The summed E-state index contributed by atoms with van der Waals surface area (Å²) in [4.78, 5) is 18.6. The summed E-state index contributed by atoms with van der Waals surface area (Å²) in [6.07, 6.45) is -2.89. The second kappa shape index (κ2) is 5.88. The number of carbonyl (C=O) groups is 1. The fourth-order valence-electron chi connectivity index (χ4n) is 2.25. The second-order valence-corrected chi connectivity index (χ2v) is 4.98. The number of hydrogen-bond donors (Lipinski definition) is 2. The maximum atomic E-state index is 12.7. The quantitative estimate of drug-likeness (QED) is 0.764. The monoisotopic (exact) mass is 335 g/mol. The van der Waals surface area contributed by atoms with E-state index in [0.29, 0.717) is 11.4 Å². The lowest BCUT2D eigenvalue weighted by molar-refractivity contribution is -0.141. The van der Waals surface area contributed by atoms with Crippen molar-refractivity contribution in [3.8, 4) is 5.75 Å². The molecule has 1 aromatic carbocycles. The largest absolute Gasteiger partial charge is 0.494 e. The van der Waals surface area contributed by atoms with Gasteiger partial charge in [0.1, 0.15) is 17.1 Å². The number of pyridine rings is 1. The number of nitrogens with zero attached hydrogens (tertiary/aromatic N) is 1. The van der Waals surface area contributed by atoms with E-state index in [-0.39, 0.29) is 5.69 Å². The first kappa shape index (κ1) is 15.9. The SMILES string of the molecule is COc1cc2[nH]ccc2cc1NC(=O)c1cccc(C(F)(F)F)n1. The van der Waals surface area contributed by atoms with Crippen molar-refractivity contribution in [1.29, 1.82) is 0 Å². The van der Waals surface area contributed by atoms with Crippen LogP contribution < -0.4 is 10.1 Å². The van der Waals surface area contributed by atoms with Gasteiger partial charge < -0.3 is 15.0 Å². The normalized spacial score (nSPS) is 11.5. The molecule has 2 N–H and O–H groups in total. The maximum absolute atomic E-state index is 12.7. The molecule has 1 amide bonds. The van der Waals surface area contributed by atoms with Gasteiger partial charge >= 0.3 is 6.18 Å². The summed E-state index contributed by atoms with van der Waals surface area (Å²) >= 11 is 0. The number of hydrogen-bond acceptors (Lipinski definition) is 3. The van der Waals surface area contributed by atoms with Gasteiger partial charge in [-0.25, -0.2) is 4.98 Å². The first-order chi connectivity index (χ1) is 11.4. The van der Waals surface area contributed by atoms with E-state index in [1.54, 1.807) is 24.4 Å². The number of halogens is 3. The zero-order chi connectivity index (χ0) is 17.3. The molecule has 0 bridgehead atoms. The van der Waals surface area contributed by atoms with Gasteiger partial charge in [0.25, 0.3) is 5.91 Å². The Morgan fingerprint density at radius 3 is 2.75 bits per heavy atom. The Balaban J connectivity index is 1.92. The Kier molecular flexibility index (Phi) is 3.88. The van der Waals surface area contributed by atoms with Crippen LogP contribution >= 0.6 is 0 Å². The van der Waals surface area contributed by atoms with Crippen LogP contribution in [-0.2, 0) is 6.18 Å². The van der Waals surface area contributed by atoms with Crippen molar-refractivity contribution < 1.29 is 22.7 Å². The van der Waals surface area contributed by atoms with Crippen molar-refractivity contribution in [3.05, 3.63) is 54.0 Å². The van der Waals surface area contributed by atoms with Crippen LogP contribution in [0.3, 0.4) is 0 Å². The van der Waals surface area contributed by atoms with Crippen molar-refractivity contribution in [1.82, 2.24) is 9.97 Å². The van der Waals surface area contributed by atoms with E-state index in [0.717, 1.165) is 23.0 Å². The average Bonchev–Trinajstić information content (AvgIpc) is 3.00. The van der Waals surface area contributed by atoms with Gasteiger partial charge in [-0.15, -0.1) is 0 Å². The lowest BCUT2D eigenvalue weighted by Gasteiger charge is -2.11. The van der Waals surface area contributed by atoms with E-state index in [1.807, 2.05) is 0 Å². The summed E-state index contributed by atoms with van der Waals surface area (Å²) in [5.41, 5.74) is -0.305. The maximum Gasteiger partial charge on any atom is 0.433 e. The predicted molar refractivity (Wildman–Crippen MR) is 82.0 cm³/mol. The number of alkyl halides is 3. The molecule has 5 nitrogen and oxygen atoms in total. The van der Waals surface area contributed by atoms with E-state index in [1.165, 1.54) is 13.2 Å². The minimum atomic E-state index is -4.61. The van der Waals surface area contributed by atoms with Crippen molar-refractivity contribution in [2.24, 2.45) is 0 Å². The lowest BCUT2D eigenvalue weighted by atomic mass is 10.2. The average molecular weight is 335 g/mol. The molecule has 2 aromatic heterocycles. The van der Waals surface area contributed by atoms with Crippen LogP contribution in [0.4, 0.5) is 18.9 Å². The molecule has 0 atom stereocenters. The molecule has 0 aliphatic heterocycles. The van der Waals surface area contributed by atoms with Crippen molar-refractivity contribution in [2.45, 2.75) is 6.18 Å². The number of amides is 1. The number of anilines is 1. The predicted octanol–water partition coefficient (Wildman–Crippen LogP) is 3.84. The Morgan fingerprint density at radius 2 is 2.04 bits per heavy atom. The molecule has 0 aliphatic rings. The molecular formula is C16H12F3N3O2. The molecule has 8 heteroatoms. The summed E-state index contributed by atoms with van der Waals surface area (Å²) in [6.45, 7) is 0. The number of carbonyl (C=O) groups excluding carboxylic acids is 1. The minimum Gasteiger partial charge on any atom is -0.494 e. The van der Waals surface area contributed by atoms with Gasteiger partial charge in [0.15, 0.2) is 0 Å². The molecule has 0 aliphatic carbocycles. The first-order valence-corrected chi connectivity index (χ1v) is 6.89. The van der Waals surface area contributed by atoms with Crippen LogP contribution in [0.2, 0.25) is 0 Å². The highest BCUT2D eigenvalue weighted by atomic mass is 19.4. The summed E-state index contributed by atoms with van der Waals surface area (Å²) in [5.74, 6) is -0.375. The summed E-state index contributed by atoms with van der Waals surface area (Å²) < 4.78 is 43.3. The Bertz CT molecular complexity index is 903. The summed E-state index contributed by atoms with van der Waals surface area (Å²) in [6, 6.07) is 8.31. The molecule has 2 heterocycles. The first-order valence-electron chi connectivity index (χ1n) is 6.89. The van der Waals surface area contributed by atoms with E-state index in [9.17, 15) is 18.0 Å². The fraction of sp³-hybridized carbons (Fsp3) is 0.125. The Morgan fingerprint density at radius 1 is 1.25 bits per heavy atom. The van der Waals surface area contributed by atoms with Crippen LogP contribution in [0.25, 0.3) is 10.9 Å². The third-order valence-corrected chi connectivity index (χ3v) is 3.39. The highest BCUT2D eigenvalue weighted by Gasteiger charge is 2.33. The molecule has 0 saturated heterocycles. The third-order valence-electron chi connectivity index (χ3n) is 3.39. The zero-order valence-electron chi connectivity index (χ0n) is 12.4. The number of aromatic amines is 1. The van der Waals surface area contributed by atoms with E-state index in [2.05, 4.69) is 15.3 Å². The highest BCUT2D eigenvalue weighted by molar-refractivity contribution is 6.05. The number of ether oxygens (including phenoxy) is 1. The molecule has 0 radical (unpaired) electrons. The lowest BCUT2D eigenvalue weighted by Crippen LogP contribution is -2.17. The molecular weight excluding hydrogens is 323 g/mol. The standard InChI is InChI=1S/C16H12F3N3O2/c1-24-13-8-11-9(5-6-20-11)7-12(13)22-15(23)10-3-2-4-14(21-10)16(17,18)19/h2-8,20H,1H3,(H,22,23). The Hall–Kier alpha value is -3.03. The molecule has 0 fully saturated rings. The number of benzene rings is 1. The number of rotatable bonds is 3. The Labute approximate surface area is 134 Å². The van der Waals surface area contributed by atoms with E-state index >= 15 is 0 Å². The van der Waals surface area contributed by atoms with Gasteiger partial charge in [-0.2, -0.15) is 13.2 Å². The smallest absolute Gasteiger partial charge is 0.433 e. The van der Waals surface area contributed by atoms with Gasteiger partial charge in [0.2, 0.25) is 0 Å². The van der Waals surface area contributed by atoms with Crippen LogP contribution in [0, 0.1) is 0 Å². The topological polar surface area (TPSA) is 67.0 Å². The van der Waals surface area contributed by atoms with Crippen LogP contribution in [0.15, 0.2) is 42.6 Å². The molecule has 24 heavy (non-hydrogen) atoms. The molecule has 3 aromatic rings. The molecule has 0 unspecified atom stereocenters. The molecule has 0 spiro atoms. The number of H-pyrrole nitrogens is 1. The number of nitrogens with one attached hydrogen (secondary N) is 2. The van der Waals surface area contributed by atoms with Gasteiger partial charge in [-0.1, -0.05) is 6.07 Å². The summed E-state index contributed by atoms with van der Waals surface area (Å²) in [5, 5.41) is 3.35. The highest BCUT2D eigenvalue weighted by Crippen LogP contribution is 2.31. The van der Waals surface area contributed by atoms with Crippen LogP contribution in [0.1, 0.15) is 16.2 Å². The number of fused-ring (bicyclic) bond motifs is 1. The van der Waals surface area contributed by atoms with Gasteiger partial charge in [-0.3, -0.25) is 4.79 Å².